The maximum absolute atomic E-state index is 4.17. The third-order valence-corrected chi connectivity index (χ3v) is 3.58. The third kappa shape index (κ3) is 3.30. The molecule has 0 atom stereocenters. The molecular weight excluding hydrogens is 242 g/mol. The molecule has 1 N–H and O–H groups in total. The van der Waals surface area contributed by atoms with E-state index < -0.39 is 0 Å². The topological polar surface area (TPSA) is 12.0 Å². The minimum atomic E-state index is 0.494. The van der Waals surface area contributed by atoms with E-state index in [9.17, 15) is 0 Å². The van der Waals surface area contributed by atoms with Gasteiger partial charge in [0.2, 0.25) is 0 Å². The molecule has 0 saturated carbocycles. The average molecular weight is 265 g/mol. The molecule has 20 heavy (non-hydrogen) atoms. The quantitative estimate of drug-likeness (QED) is 0.757. The van der Waals surface area contributed by atoms with E-state index in [1.165, 1.54) is 11.1 Å². The molecule has 2 aromatic rings. The molecular formula is C19H23N. The van der Waals surface area contributed by atoms with Crippen molar-refractivity contribution in [2.75, 3.05) is 5.32 Å². The lowest BCUT2D eigenvalue weighted by molar-refractivity contribution is 0.869. The summed E-state index contributed by atoms with van der Waals surface area (Å²) < 4.78 is 0. The first-order valence-electron chi connectivity index (χ1n) is 7.26. The third-order valence-electron chi connectivity index (χ3n) is 3.58. The van der Waals surface area contributed by atoms with Crippen molar-refractivity contribution in [3.63, 3.8) is 0 Å². The van der Waals surface area contributed by atoms with Gasteiger partial charge in [0.25, 0.3) is 0 Å². The second kappa shape index (κ2) is 6.42. The van der Waals surface area contributed by atoms with Crippen molar-refractivity contribution in [1.29, 1.82) is 0 Å². The van der Waals surface area contributed by atoms with E-state index >= 15 is 0 Å². The SMILES string of the molecule is C=C(Nc1ccccc1C(C)C)c1ccc(CC)cc1. The first kappa shape index (κ1) is 14.4. The van der Waals surface area contributed by atoms with Crippen LogP contribution in [0, 0.1) is 0 Å². The van der Waals surface area contributed by atoms with Gasteiger partial charge in [0, 0.05) is 11.4 Å². The molecule has 0 aromatic heterocycles. The summed E-state index contributed by atoms with van der Waals surface area (Å²) in [5.41, 5.74) is 5.90. The molecule has 0 heterocycles. The predicted octanol–water partition coefficient (Wildman–Crippen LogP) is 5.46. The number of anilines is 1. The Bertz CT molecular complexity index is 579. The van der Waals surface area contributed by atoms with E-state index in [-0.39, 0.29) is 0 Å². The van der Waals surface area contributed by atoms with Crippen LogP contribution in [0.25, 0.3) is 5.70 Å². The van der Waals surface area contributed by atoms with Crippen LogP contribution in [0.4, 0.5) is 5.69 Å². The van der Waals surface area contributed by atoms with Gasteiger partial charge in [-0.2, -0.15) is 0 Å². The highest BCUT2D eigenvalue weighted by molar-refractivity contribution is 5.76. The molecule has 0 radical (unpaired) electrons. The zero-order chi connectivity index (χ0) is 14.5. The highest BCUT2D eigenvalue weighted by Crippen LogP contribution is 2.26. The number of aryl methyl sites for hydroxylation is 1. The first-order valence-corrected chi connectivity index (χ1v) is 7.26. The molecule has 0 bridgehead atoms. The minimum Gasteiger partial charge on any atom is -0.355 e. The Balaban J connectivity index is 2.19. The van der Waals surface area contributed by atoms with Crippen LogP contribution in [-0.4, -0.2) is 0 Å². The minimum absolute atomic E-state index is 0.494. The molecule has 0 unspecified atom stereocenters. The van der Waals surface area contributed by atoms with Crippen LogP contribution in [0.2, 0.25) is 0 Å². The Morgan fingerprint density at radius 3 is 2.30 bits per heavy atom. The van der Waals surface area contributed by atoms with Crippen LogP contribution in [0.5, 0.6) is 0 Å². The van der Waals surface area contributed by atoms with E-state index in [0.29, 0.717) is 5.92 Å². The standard InChI is InChI=1S/C19H23N/c1-5-16-10-12-17(13-11-16)15(4)20-19-9-7-6-8-18(19)14(2)3/h6-14,20H,4-5H2,1-3H3. The summed E-state index contributed by atoms with van der Waals surface area (Å²) in [7, 11) is 0. The average Bonchev–Trinajstić information content (AvgIpc) is 2.47. The van der Waals surface area contributed by atoms with Crippen LogP contribution in [-0.2, 0) is 6.42 Å². The summed E-state index contributed by atoms with van der Waals surface area (Å²) >= 11 is 0. The molecule has 0 spiro atoms. The molecule has 0 aliphatic rings. The maximum Gasteiger partial charge on any atom is 0.0419 e. The van der Waals surface area contributed by atoms with Gasteiger partial charge >= 0.3 is 0 Å². The Kier molecular flexibility index (Phi) is 4.62. The molecule has 1 heteroatoms. The van der Waals surface area contributed by atoms with Crippen molar-refractivity contribution in [2.24, 2.45) is 0 Å². The number of rotatable bonds is 5. The lowest BCUT2D eigenvalue weighted by Gasteiger charge is -2.16. The van der Waals surface area contributed by atoms with Gasteiger partial charge in [0.05, 0.1) is 0 Å². The second-order valence-electron chi connectivity index (χ2n) is 5.40. The van der Waals surface area contributed by atoms with Crippen LogP contribution in [0.1, 0.15) is 43.4 Å². The number of benzene rings is 2. The number of para-hydroxylation sites is 1. The van der Waals surface area contributed by atoms with Gasteiger partial charge in [-0.25, -0.2) is 0 Å². The van der Waals surface area contributed by atoms with E-state index in [2.05, 4.69) is 81.2 Å². The largest absolute Gasteiger partial charge is 0.355 e. The Morgan fingerprint density at radius 1 is 1.05 bits per heavy atom. The molecule has 2 aromatic carbocycles. The zero-order valence-electron chi connectivity index (χ0n) is 12.6. The molecule has 104 valence electrons. The summed E-state index contributed by atoms with van der Waals surface area (Å²) in [4.78, 5) is 0. The van der Waals surface area contributed by atoms with Gasteiger partial charge in [-0.3, -0.25) is 0 Å². The van der Waals surface area contributed by atoms with Gasteiger partial charge < -0.3 is 5.32 Å². The van der Waals surface area contributed by atoms with Crippen LogP contribution in [0.3, 0.4) is 0 Å². The van der Waals surface area contributed by atoms with E-state index in [1.807, 2.05) is 0 Å². The van der Waals surface area contributed by atoms with Gasteiger partial charge in [-0.15, -0.1) is 0 Å². The van der Waals surface area contributed by atoms with Gasteiger partial charge in [-0.1, -0.05) is 69.8 Å². The second-order valence-corrected chi connectivity index (χ2v) is 5.40. The fourth-order valence-electron chi connectivity index (χ4n) is 2.29. The molecule has 2 rings (SSSR count). The first-order chi connectivity index (χ1) is 9.61. The van der Waals surface area contributed by atoms with Crippen LogP contribution in [0.15, 0.2) is 55.1 Å². The van der Waals surface area contributed by atoms with Gasteiger partial charge in [-0.05, 0) is 35.1 Å². The summed E-state index contributed by atoms with van der Waals surface area (Å²) in [6, 6.07) is 17.0. The smallest absolute Gasteiger partial charge is 0.0419 e. The summed E-state index contributed by atoms with van der Waals surface area (Å²) in [6.45, 7) is 10.7. The molecule has 0 saturated heterocycles. The van der Waals surface area contributed by atoms with Crippen molar-refractivity contribution in [3.05, 3.63) is 71.8 Å². The summed E-state index contributed by atoms with van der Waals surface area (Å²) in [6.07, 6.45) is 1.07. The van der Waals surface area contributed by atoms with Crippen LogP contribution >= 0.6 is 0 Å². The van der Waals surface area contributed by atoms with Gasteiger partial charge in [0.1, 0.15) is 0 Å². The highest BCUT2D eigenvalue weighted by Gasteiger charge is 2.07. The van der Waals surface area contributed by atoms with Crippen molar-refractivity contribution >= 4 is 11.4 Å². The highest BCUT2D eigenvalue weighted by atomic mass is 14.9. The number of nitrogens with one attached hydrogen (secondary N) is 1. The molecule has 1 nitrogen and oxygen atoms in total. The van der Waals surface area contributed by atoms with E-state index in [1.54, 1.807) is 0 Å². The molecule has 0 aliphatic carbocycles. The van der Waals surface area contributed by atoms with Gasteiger partial charge in [0.15, 0.2) is 0 Å². The molecule has 0 amide bonds. The van der Waals surface area contributed by atoms with E-state index in [4.69, 9.17) is 0 Å². The monoisotopic (exact) mass is 265 g/mol. The van der Waals surface area contributed by atoms with Crippen molar-refractivity contribution in [1.82, 2.24) is 0 Å². The predicted molar refractivity (Wildman–Crippen MR) is 89.0 cm³/mol. The lowest BCUT2D eigenvalue weighted by Crippen LogP contribution is -2.01. The summed E-state index contributed by atoms with van der Waals surface area (Å²) in [5, 5.41) is 3.45. The molecule has 0 aliphatic heterocycles. The van der Waals surface area contributed by atoms with Crippen LogP contribution < -0.4 is 5.32 Å². The van der Waals surface area contributed by atoms with Crippen molar-refractivity contribution in [3.8, 4) is 0 Å². The number of hydrogen-bond donors (Lipinski definition) is 1. The molecule has 0 fully saturated rings. The zero-order valence-corrected chi connectivity index (χ0v) is 12.6. The summed E-state index contributed by atoms with van der Waals surface area (Å²) in [5.74, 6) is 0.494. The van der Waals surface area contributed by atoms with E-state index in [0.717, 1.165) is 23.4 Å². The Labute approximate surface area is 122 Å². The maximum atomic E-state index is 4.17. The fraction of sp³-hybridized carbons (Fsp3) is 0.263. The number of hydrogen-bond acceptors (Lipinski definition) is 1. The normalized spacial score (nSPS) is 10.6. The van der Waals surface area contributed by atoms with Crippen molar-refractivity contribution in [2.45, 2.75) is 33.1 Å². The Morgan fingerprint density at radius 2 is 1.70 bits per heavy atom. The fourth-order valence-corrected chi connectivity index (χ4v) is 2.29. The van der Waals surface area contributed by atoms with Crippen molar-refractivity contribution < 1.29 is 0 Å². The lowest BCUT2D eigenvalue weighted by atomic mass is 10.0. The Hall–Kier alpha value is -2.02.